The molecular formula is C11H13N3. The van der Waals surface area contributed by atoms with E-state index in [2.05, 4.69) is 23.1 Å². The number of hydrogen-bond acceptors (Lipinski definition) is 2. The van der Waals surface area contributed by atoms with Gasteiger partial charge in [0.1, 0.15) is 0 Å². The van der Waals surface area contributed by atoms with Gasteiger partial charge in [-0.25, -0.2) is 0 Å². The van der Waals surface area contributed by atoms with Gasteiger partial charge in [-0.2, -0.15) is 5.10 Å². The van der Waals surface area contributed by atoms with Crippen LogP contribution in [0.1, 0.15) is 12.5 Å². The maximum atomic E-state index is 4.38. The first-order valence-electron chi connectivity index (χ1n) is 4.73. The van der Waals surface area contributed by atoms with Gasteiger partial charge in [0.15, 0.2) is 0 Å². The first-order chi connectivity index (χ1) is 6.79. The third-order valence-electron chi connectivity index (χ3n) is 2.23. The number of aromatic nitrogens is 3. The zero-order chi connectivity index (χ0) is 9.97. The lowest BCUT2D eigenvalue weighted by atomic mass is 10.2. The van der Waals surface area contributed by atoms with Crippen molar-refractivity contribution in [1.82, 2.24) is 14.8 Å². The summed E-state index contributed by atoms with van der Waals surface area (Å²) in [6.07, 6.45) is 6.74. The number of aryl methyl sites for hydroxylation is 2. The minimum Gasteiger partial charge on any atom is -0.275 e. The molecule has 0 radical (unpaired) electrons. The van der Waals surface area contributed by atoms with Gasteiger partial charge in [0.25, 0.3) is 0 Å². The summed E-state index contributed by atoms with van der Waals surface area (Å²) in [5.74, 6) is 0. The normalized spacial score (nSPS) is 10.4. The summed E-state index contributed by atoms with van der Waals surface area (Å²) in [5.41, 5.74) is 3.31. The summed E-state index contributed by atoms with van der Waals surface area (Å²) in [6.45, 7) is 2.13. The first-order valence-corrected chi connectivity index (χ1v) is 4.73. The molecule has 0 aliphatic heterocycles. The minimum absolute atomic E-state index is 0.982. The van der Waals surface area contributed by atoms with Crippen LogP contribution in [0.25, 0.3) is 11.3 Å². The van der Waals surface area contributed by atoms with Gasteiger partial charge < -0.3 is 0 Å². The molecule has 0 amide bonds. The van der Waals surface area contributed by atoms with Crippen LogP contribution in [0.5, 0.6) is 0 Å². The third kappa shape index (κ3) is 1.66. The molecule has 3 heteroatoms. The van der Waals surface area contributed by atoms with Crippen LogP contribution in [0.4, 0.5) is 0 Å². The van der Waals surface area contributed by atoms with Gasteiger partial charge in [-0.1, -0.05) is 13.0 Å². The van der Waals surface area contributed by atoms with Gasteiger partial charge >= 0.3 is 0 Å². The van der Waals surface area contributed by atoms with Crippen molar-refractivity contribution in [3.63, 3.8) is 0 Å². The van der Waals surface area contributed by atoms with E-state index in [0.717, 1.165) is 17.7 Å². The van der Waals surface area contributed by atoms with Gasteiger partial charge in [0.05, 0.1) is 11.9 Å². The Balaban J connectivity index is 2.33. The molecule has 0 unspecified atom stereocenters. The molecule has 0 spiro atoms. The molecule has 0 atom stereocenters. The second-order valence-corrected chi connectivity index (χ2v) is 3.31. The number of pyridine rings is 1. The zero-order valence-electron chi connectivity index (χ0n) is 8.44. The maximum Gasteiger partial charge on any atom is 0.0733 e. The van der Waals surface area contributed by atoms with Crippen molar-refractivity contribution in [3.05, 3.63) is 36.3 Å². The fraction of sp³-hybridized carbons (Fsp3) is 0.273. The van der Waals surface area contributed by atoms with Crippen LogP contribution >= 0.6 is 0 Å². The van der Waals surface area contributed by atoms with Gasteiger partial charge in [-0.05, 0) is 18.1 Å². The zero-order valence-corrected chi connectivity index (χ0v) is 8.44. The maximum absolute atomic E-state index is 4.38. The van der Waals surface area contributed by atoms with Crippen molar-refractivity contribution < 1.29 is 0 Å². The molecule has 2 heterocycles. The molecule has 0 aliphatic carbocycles. The van der Waals surface area contributed by atoms with E-state index in [4.69, 9.17) is 0 Å². The Bertz CT molecular complexity index is 414. The summed E-state index contributed by atoms with van der Waals surface area (Å²) in [4.78, 5) is 4.38. The van der Waals surface area contributed by atoms with Crippen LogP contribution in [0.2, 0.25) is 0 Å². The second kappa shape index (κ2) is 3.62. The van der Waals surface area contributed by atoms with Gasteiger partial charge in [-0.3, -0.25) is 9.67 Å². The summed E-state index contributed by atoms with van der Waals surface area (Å²) >= 11 is 0. The fourth-order valence-electron chi connectivity index (χ4n) is 1.36. The van der Waals surface area contributed by atoms with Crippen LogP contribution in [-0.2, 0) is 13.5 Å². The average Bonchev–Trinajstić information content (AvgIpc) is 2.65. The predicted octanol–water partition coefficient (Wildman–Crippen LogP) is 2.04. The van der Waals surface area contributed by atoms with Crippen molar-refractivity contribution >= 4 is 0 Å². The molecule has 3 nitrogen and oxygen atoms in total. The monoisotopic (exact) mass is 187 g/mol. The van der Waals surface area contributed by atoms with E-state index in [1.54, 1.807) is 4.68 Å². The van der Waals surface area contributed by atoms with E-state index >= 15 is 0 Å². The molecule has 14 heavy (non-hydrogen) atoms. The second-order valence-electron chi connectivity index (χ2n) is 3.31. The lowest BCUT2D eigenvalue weighted by molar-refractivity contribution is 0.768. The topological polar surface area (TPSA) is 30.7 Å². The Morgan fingerprint density at radius 3 is 2.64 bits per heavy atom. The summed E-state index contributed by atoms with van der Waals surface area (Å²) in [6, 6.07) is 4.14. The van der Waals surface area contributed by atoms with Crippen molar-refractivity contribution in [2.24, 2.45) is 7.05 Å². The largest absolute Gasteiger partial charge is 0.275 e. The highest BCUT2D eigenvalue weighted by Crippen LogP contribution is 2.15. The Kier molecular flexibility index (Phi) is 2.31. The SMILES string of the molecule is CCc1ccc(-c2cnn(C)c2)nc1. The van der Waals surface area contributed by atoms with Crippen LogP contribution in [0.3, 0.4) is 0 Å². The van der Waals surface area contributed by atoms with Crippen molar-refractivity contribution in [1.29, 1.82) is 0 Å². The van der Waals surface area contributed by atoms with Crippen LogP contribution in [0.15, 0.2) is 30.7 Å². The molecule has 2 rings (SSSR count). The Hall–Kier alpha value is -1.64. The fourth-order valence-corrected chi connectivity index (χ4v) is 1.36. The lowest BCUT2D eigenvalue weighted by Crippen LogP contribution is -1.86. The molecule has 0 saturated carbocycles. The van der Waals surface area contributed by atoms with Crippen molar-refractivity contribution in [2.75, 3.05) is 0 Å². The van der Waals surface area contributed by atoms with E-state index in [1.807, 2.05) is 31.7 Å². The number of hydrogen-bond donors (Lipinski definition) is 0. The molecule has 0 bridgehead atoms. The van der Waals surface area contributed by atoms with Gasteiger partial charge in [0.2, 0.25) is 0 Å². The molecule has 0 saturated heterocycles. The van der Waals surface area contributed by atoms with E-state index in [9.17, 15) is 0 Å². The lowest BCUT2D eigenvalue weighted by Gasteiger charge is -1.98. The quantitative estimate of drug-likeness (QED) is 0.720. The summed E-state index contributed by atoms with van der Waals surface area (Å²) in [7, 11) is 1.91. The Morgan fingerprint density at radius 2 is 2.14 bits per heavy atom. The minimum atomic E-state index is 0.982. The summed E-state index contributed by atoms with van der Waals surface area (Å²) < 4.78 is 1.78. The predicted molar refractivity (Wildman–Crippen MR) is 55.8 cm³/mol. The standard InChI is InChI=1S/C11H13N3/c1-3-9-4-5-11(12-6-9)10-7-13-14(2)8-10/h4-8H,3H2,1-2H3. The molecule has 0 aliphatic rings. The molecular weight excluding hydrogens is 174 g/mol. The number of nitrogens with zero attached hydrogens (tertiary/aromatic N) is 3. The molecule has 2 aromatic heterocycles. The first kappa shape index (κ1) is 8.94. The molecule has 2 aromatic rings. The molecule has 0 aromatic carbocycles. The van der Waals surface area contributed by atoms with Crippen molar-refractivity contribution in [2.45, 2.75) is 13.3 Å². The highest BCUT2D eigenvalue weighted by molar-refractivity contribution is 5.56. The highest BCUT2D eigenvalue weighted by atomic mass is 15.2. The van der Waals surface area contributed by atoms with E-state index in [0.29, 0.717) is 0 Å². The third-order valence-corrected chi connectivity index (χ3v) is 2.23. The molecule has 0 N–H and O–H groups in total. The van der Waals surface area contributed by atoms with E-state index in [1.165, 1.54) is 5.56 Å². The Morgan fingerprint density at radius 1 is 1.29 bits per heavy atom. The molecule has 0 fully saturated rings. The average molecular weight is 187 g/mol. The highest BCUT2D eigenvalue weighted by Gasteiger charge is 2.00. The van der Waals surface area contributed by atoms with Crippen LogP contribution in [0, 0.1) is 0 Å². The smallest absolute Gasteiger partial charge is 0.0733 e. The van der Waals surface area contributed by atoms with E-state index < -0.39 is 0 Å². The number of rotatable bonds is 2. The molecule has 72 valence electrons. The van der Waals surface area contributed by atoms with Crippen LogP contribution in [-0.4, -0.2) is 14.8 Å². The van der Waals surface area contributed by atoms with Gasteiger partial charge in [-0.15, -0.1) is 0 Å². The van der Waals surface area contributed by atoms with Crippen molar-refractivity contribution in [3.8, 4) is 11.3 Å². The van der Waals surface area contributed by atoms with Gasteiger partial charge in [0, 0.05) is 25.0 Å². The van der Waals surface area contributed by atoms with Crippen LogP contribution < -0.4 is 0 Å². The Labute approximate surface area is 83.4 Å². The van der Waals surface area contributed by atoms with E-state index in [-0.39, 0.29) is 0 Å². The summed E-state index contributed by atoms with van der Waals surface area (Å²) in [5, 5.41) is 4.11.